The van der Waals surface area contributed by atoms with E-state index in [1.54, 1.807) is 24.3 Å². The average Bonchev–Trinajstić information content (AvgIpc) is 2.64. The van der Waals surface area contributed by atoms with E-state index in [1.165, 1.54) is 32.4 Å². The van der Waals surface area contributed by atoms with Crippen molar-refractivity contribution in [3.8, 4) is 17.2 Å². The van der Waals surface area contributed by atoms with E-state index < -0.39 is 12.1 Å². The molecular weight excluding hydrogens is 363 g/mol. The molecule has 1 amide bonds. The van der Waals surface area contributed by atoms with Gasteiger partial charge in [-0.25, -0.2) is 0 Å². The van der Waals surface area contributed by atoms with Crippen molar-refractivity contribution < 1.29 is 32.5 Å². The topological polar surface area (TPSA) is 59.0 Å². The lowest BCUT2D eigenvalue weighted by atomic mass is 10.1. The number of aromatic hydroxyl groups is 1. The third-order valence-corrected chi connectivity index (χ3v) is 3.98. The molecule has 5 nitrogen and oxygen atoms in total. The number of rotatable bonds is 7. The number of phenolic OH excluding ortho intramolecular Hbond substituents is 1. The molecular formula is C19H20F3NO4. The van der Waals surface area contributed by atoms with Crippen molar-refractivity contribution in [2.45, 2.75) is 19.1 Å². The van der Waals surface area contributed by atoms with E-state index in [4.69, 9.17) is 9.47 Å². The van der Waals surface area contributed by atoms with Crippen LogP contribution in [0.1, 0.15) is 11.1 Å². The summed E-state index contributed by atoms with van der Waals surface area (Å²) < 4.78 is 48.8. The van der Waals surface area contributed by atoms with Gasteiger partial charge in [0.05, 0.1) is 14.2 Å². The van der Waals surface area contributed by atoms with Crippen LogP contribution in [-0.4, -0.2) is 42.9 Å². The number of hydrogen-bond donors (Lipinski definition) is 1. The number of halogens is 3. The molecule has 146 valence electrons. The van der Waals surface area contributed by atoms with E-state index in [2.05, 4.69) is 0 Å². The summed E-state index contributed by atoms with van der Waals surface area (Å²) in [5.74, 6) is -1.29. The third kappa shape index (κ3) is 5.54. The van der Waals surface area contributed by atoms with Crippen LogP contribution in [0.15, 0.2) is 42.5 Å². The van der Waals surface area contributed by atoms with Crippen LogP contribution in [-0.2, 0) is 17.8 Å². The molecule has 2 aromatic rings. The first kappa shape index (κ1) is 20.4. The van der Waals surface area contributed by atoms with Gasteiger partial charge in [-0.15, -0.1) is 0 Å². The van der Waals surface area contributed by atoms with Gasteiger partial charge in [-0.1, -0.05) is 18.2 Å². The van der Waals surface area contributed by atoms with Gasteiger partial charge >= 0.3 is 12.1 Å². The summed E-state index contributed by atoms with van der Waals surface area (Å²) in [5.41, 5.74) is 1.13. The summed E-state index contributed by atoms with van der Waals surface area (Å²) in [4.78, 5) is 12.5. The number of methoxy groups -OCH3 is 2. The SMILES string of the molecule is COc1ccc(CCN(Cc2ccc(OC)c(O)c2)C(=O)C(F)(F)F)cc1. The van der Waals surface area contributed by atoms with Crippen LogP contribution in [0.3, 0.4) is 0 Å². The first-order valence-corrected chi connectivity index (χ1v) is 8.09. The fourth-order valence-electron chi connectivity index (χ4n) is 2.54. The van der Waals surface area contributed by atoms with Crippen molar-refractivity contribution in [1.82, 2.24) is 4.90 Å². The first-order chi connectivity index (χ1) is 12.7. The Morgan fingerprint density at radius 2 is 1.67 bits per heavy atom. The molecule has 0 saturated heterocycles. The van der Waals surface area contributed by atoms with Crippen LogP contribution >= 0.6 is 0 Å². The van der Waals surface area contributed by atoms with Crippen LogP contribution in [0.25, 0.3) is 0 Å². The van der Waals surface area contributed by atoms with Crippen LogP contribution < -0.4 is 9.47 Å². The van der Waals surface area contributed by atoms with Crippen molar-refractivity contribution >= 4 is 5.91 Å². The van der Waals surface area contributed by atoms with Gasteiger partial charge in [0.1, 0.15) is 5.75 Å². The van der Waals surface area contributed by atoms with Gasteiger partial charge in [0.15, 0.2) is 11.5 Å². The zero-order chi connectivity index (χ0) is 20.0. The van der Waals surface area contributed by atoms with E-state index >= 15 is 0 Å². The number of carbonyl (C=O) groups excluding carboxylic acids is 1. The highest BCUT2D eigenvalue weighted by atomic mass is 19.4. The minimum atomic E-state index is -4.98. The van der Waals surface area contributed by atoms with Crippen LogP contribution in [0.4, 0.5) is 13.2 Å². The number of ether oxygens (including phenoxy) is 2. The van der Waals surface area contributed by atoms with Crippen molar-refractivity contribution in [3.63, 3.8) is 0 Å². The molecule has 0 unspecified atom stereocenters. The Bertz CT molecular complexity index is 776. The lowest BCUT2D eigenvalue weighted by molar-refractivity contribution is -0.186. The van der Waals surface area contributed by atoms with Gasteiger partial charge in [0.25, 0.3) is 0 Å². The van der Waals surface area contributed by atoms with Gasteiger partial charge in [-0.05, 0) is 41.8 Å². The largest absolute Gasteiger partial charge is 0.504 e. The zero-order valence-electron chi connectivity index (χ0n) is 14.9. The average molecular weight is 383 g/mol. The highest BCUT2D eigenvalue weighted by molar-refractivity contribution is 5.81. The summed E-state index contributed by atoms with van der Waals surface area (Å²) in [6.07, 6.45) is -4.73. The normalized spacial score (nSPS) is 11.1. The number of hydrogen-bond acceptors (Lipinski definition) is 4. The minimum Gasteiger partial charge on any atom is -0.504 e. The van der Waals surface area contributed by atoms with Gasteiger partial charge in [0.2, 0.25) is 0 Å². The summed E-state index contributed by atoms with van der Waals surface area (Å²) in [6.45, 7) is -0.413. The van der Waals surface area contributed by atoms with Gasteiger partial charge in [-0.2, -0.15) is 13.2 Å². The molecule has 0 radical (unpaired) electrons. The molecule has 0 bridgehead atoms. The number of carbonyl (C=O) groups is 1. The third-order valence-electron chi connectivity index (χ3n) is 3.98. The number of amides is 1. The van der Waals surface area contributed by atoms with E-state index in [-0.39, 0.29) is 31.0 Å². The first-order valence-electron chi connectivity index (χ1n) is 8.09. The van der Waals surface area contributed by atoms with Crippen molar-refractivity contribution in [3.05, 3.63) is 53.6 Å². The second-order valence-electron chi connectivity index (χ2n) is 5.83. The monoisotopic (exact) mass is 383 g/mol. The van der Waals surface area contributed by atoms with E-state index in [0.717, 1.165) is 5.56 Å². The molecule has 0 spiro atoms. The molecule has 2 aromatic carbocycles. The van der Waals surface area contributed by atoms with Crippen molar-refractivity contribution in [2.75, 3.05) is 20.8 Å². The number of phenols is 1. The predicted octanol–water partition coefficient (Wildman–Crippen LogP) is 3.54. The molecule has 2 rings (SSSR count). The molecule has 0 aliphatic rings. The molecule has 0 aromatic heterocycles. The zero-order valence-corrected chi connectivity index (χ0v) is 14.9. The fourth-order valence-corrected chi connectivity index (χ4v) is 2.54. The van der Waals surface area contributed by atoms with Gasteiger partial charge in [0, 0.05) is 13.1 Å². The molecule has 0 fully saturated rings. The Morgan fingerprint density at radius 3 is 2.19 bits per heavy atom. The summed E-state index contributed by atoms with van der Waals surface area (Å²) in [6, 6.07) is 11.1. The van der Waals surface area contributed by atoms with Crippen LogP contribution in [0, 0.1) is 0 Å². The Balaban J connectivity index is 2.15. The molecule has 8 heteroatoms. The number of benzene rings is 2. The minimum absolute atomic E-state index is 0.128. The van der Waals surface area contributed by atoms with E-state index in [1.807, 2.05) is 0 Å². The Hall–Kier alpha value is -2.90. The highest BCUT2D eigenvalue weighted by Crippen LogP contribution is 2.28. The maximum absolute atomic E-state index is 12.9. The Labute approximate surface area is 154 Å². The summed E-state index contributed by atoms with van der Waals surface area (Å²) in [7, 11) is 2.88. The van der Waals surface area contributed by atoms with Crippen molar-refractivity contribution in [2.24, 2.45) is 0 Å². The number of alkyl halides is 3. The summed E-state index contributed by atoms with van der Waals surface area (Å²) >= 11 is 0. The van der Waals surface area contributed by atoms with Crippen molar-refractivity contribution in [1.29, 1.82) is 0 Å². The smallest absolute Gasteiger partial charge is 0.471 e. The molecule has 0 saturated carbocycles. The van der Waals surface area contributed by atoms with Crippen LogP contribution in [0.5, 0.6) is 17.2 Å². The molecule has 0 atom stereocenters. The lowest BCUT2D eigenvalue weighted by Gasteiger charge is -2.24. The predicted molar refractivity (Wildman–Crippen MR) is 92.8 cm³/mol. The van der Waals surface area contributed by atoms with E-state index in [9.17, 15) is 23.1 Å². The molecule has 27 heavy (non-hydrogen) atoms. The fraction of sp³-hybridized carbons (Fsp3) is 0.316. The molecule has 0 heterocycles. The van der Waals surface area contributed by atoms with Gasteiger partial charge in [-0.3, -0.25) is 4.79 Å². The maximum atomic E-state index is 12.9. The standard InChI is InChI=1S/C19H20F3NO4/c1-26-15-6-3-13(4-7-15)9-10-23(18(25)19(20,21)22)12-14-5-8-17(27-2)16(24)11-14/h3-8,11,24H,9-10,12H2,1-2H3. The Morgan fingerprint density at radius 1 is 1.04 bits per heavy atom. The number of nitrogens with zero attached hydrogens (tertiary/aromatic N) is 1. The molecule has 1 N–H and O–H groups in total. The molecule has 0 aliphatic carbocycles. The highest BCUT2D eigenvalue weighted by Gasteiger charge is 2.42. The summed E-state index contributed by atoms with van der Waals surface area (Å²) in [5, 5.41) is 9.80. The van der Waals surface area contributed by atoms with Gasteiger partial charge < -0.3 is 19.5 Å². The molecule has 0 aliphatic heterocycles. The van der Waals surface area contributed by atoms with Crippen LogP contribution in [0.2, 0.25) is 0 Å². The lowest BCUT2D eigenvalue weighted by Crippen LogP contribution is -2.41. The second kappa shape index (κ2) is 8.66. The second-order valence-corrected chi connectivity index (χ2v) is 5.83. The Kier molecular flexibility index (Phi) is 6.55. The maximum Gasteiger partial charge on any atom is 0.471 e. The van der Waals surface area contributed by atoms with E-state index in [0.29, 0.717) is 16.2 Å². The quantitative estimate of drug-likeness (QED) is 0.795.